The summed E-state index contributed by atoms with van der Waals surface area (Å²) in [4.78, 5) is 14.7. The van der Waals surface area contributed by atoms with E-state index in [0.29, 0.717) is 11.1 Å². The van der Waals surface area contributed by atoms with Crippen molar-refractivity contribution in [2.75, 3.05) is 4.90 Å². The van der Waals surface area contributed by atoms with Crippen molar-refractivity contribution in [3.05, 3.63) is 191 Å². The molecule has 3 aliphatic rings. The minimum absolute atomic E-state index is 0.561. The van der Waals surface area contributed by atoms with Crippen LogP contribution in [0.3, 0.4) is 0 Å². The van der Waals surface area contributed by atoms with Gasteiger partial charge >= 0.3 is 0 Å². The first-order valence-corrected chi connectivity index (χ1v) is 19.4. The van der Waals surface area contributed by atoms with Crippen molar-refractivity contribution < 1.29 is 4.74 Å². The number of nitrogens with zero attached hydrogens (tertiary/aromatic N) is 6. The first-order chi connectivity index (χ1) is 28.2. The van der Waals surface area contributed by atoms with Crippen LogP contribution in [0.2, 0.25) is 0 Å². The second-order valence-corrected chi connectivity index (χ2v) is 15.5. The lowest BCUT2D eigenvalue weighted by Gasteiger charge is -2.43. The molecule has 0 N–H and O–H groups in total. The van der Waals surface area contributed by atoms with Gasteiger partial charge in [0.1, 0.15) is 11.5 Å². The number of aromatic nitrogens is 3. The van der Waals surface area contributed by atoms with Crippen LogP contribution in [-0.2, 0) is 5.41 Å². The van der Waals surface area contributed by atoms with Crippen molar-refractivity contribution in [3.8, 4) is 40.7 Å². The van der Waals surface area contributed by atoms with Crippen LogP contribution in [0.5, 0.6) is 11.5 Å². The summed E-state index contributed by atoms with van der Waals surface area (Å²) < 4.78 is 9.35. The lowest BCUT2D eigenvalue weighted by molar-refractivity contribution is 0.436. The van der Waals surface area contributed by atoms with Gasteiger partial charge in [0.05, 0.1) is 68.2 Å². The first-order valence-electron chi connectivity index (χ1n) is 18.6. The normalized spacial score (nSPS) is 13.8. The largest absolute Gasteiger partial charge is 0.457 e. The van der Waals surface area contributed by atoms with Crippen molar-refractivity contribution in [2.24, 2.45) is 0 Å². The second-order valence-electron chi connectivity index (χ2n) is 14.4. The van der Waals surface area contributed by atoms with Crippen LogP contribution in [0.15, 0.2) is 168 Å². The van der Waals surface area contributed by atoms with Gasteiger partial charge in [0.15, 0.2) is 0 Å². The number of para-hydroxylation sites is 2. The Morgan fingerprint density at radius 2 is 1.14 bits per heavy atom. The van der Waals surface area contributed by atoms with Crippen LogP contribution >= 0.6 is 11.8 Å². The highest BCUT2D eigenvalue weighted by molar-refractivity contribution is 7.99. The number of nitriles is 2. The quantitative estimate of drug-likeness (QED) is 0.174. The Balaban J connectivity index is 1.17. The van der Waals surface area contributed by atoms with E-state index < -0.39 is 5.41 Å². The zero-order valence-corrected chi connectivity index (χ0v) is 30.8. The maximum Gasteiger partial charge on any atom is 0.134 e. The molecule has 3 aromatic heterocycles. The third kappa shape index (κ3) is 4.20. The molecule has 57 heavy (non-hydrogen) atoms. The van der Waals surface area contributed by atoms with Crippen molar-refractivity contribution in [3.63, 3.8) is 0 Å². The summed E-state index contributed by atoms with van der Waals surface area (Å²) in [6.07, 6.45) is 3.69. The Hall–Kier alpha value is -7.65. The average Bonchev–Trinajstić information content (AvgIpc) is 3.75. The molecule has 0 atom stereocenters. The summed E-state index contributed by atoms with van der Waals surface area (Å²) in [6.45, 7) is 0. The smallest absolute Gasteiger partial charge is 0.134 e. The van der Waals surface area contributed by atoms with E-state index in [2.05, 4.69) is 119 Å². The van der Waals surface area contributed by atoms with Crippen molar-refractivity contribution >= 4 is 50.6 Å². The van der Waals surface area contributed by atoms with Crippen LogP contribution in [0.1, 0.15) is 33.4 Å². The molecule has 0 saturated carbocycles. The Morgan fingerprint density at radius 1 is 0.544 bits per heavy atom. The molecule has 0 fully saturated rings. The van der Waals surface area contributed by atoms with E-state index in [9.17, 15) is 10.5 Å². The van der Waals surface area contributed by atoms with E-state index in [-0.39, 0.29) is 0 Å². The summed E-state index contributed by atoms with van der Waals surface area (Å²) in [5.74, 6) is 1.47. The van der Waals surface area contributed by atoms with Crippen LogP contribution in [0, 0.1) is 22.7 Å². The van der Waals surface area contributed by atoms with Crippen LogP contribution in [0.25, 0.3) is 38.9 Å². The molecule has 5 heterocycles. The summed E-state index contributed by atoms with van der Waals surface area (Å²) in [7, 11) is 0. The minimum atomic E-state index is -0.843. The highest BCUT2D eigenvalue weighted by Crippen LogP contribution is 2.65. The SMILES string of the molecule is N#Cc1ccc2c(c1)c1cc(C#N)ccc1n2-c1ccc2c(c1)Oc1cccc(N3c4ccccc4Sc4ccccc43)c1C21c2cccnc2-c2ncccc21. The highest BCUT2D eigenvalue weighted by atomic mass is 32.2. The molecule has 0 radical (unpaired) electrons. The maximum absolute atomic E-state index is 9.81. The maximum atomic E-state index is 9.81. The Bertz CT molecular complexity index is 3150. The summed E-state index contributed by atoms with van der Waals surface area (Å²) in [6, 6.07) is 54.4. The topological polar surface area (TPSA) is 90.8 Å². The summed E-state index contributed by atoms with van der Waals surface area (Å²) >= 11 is 1.79. The molecule has 0 saturated heterocycles. The predicted molar refractivity (Wildman–Crippen MR) is 222 cm³/mol. The lowest BCUT2D eigenvalue weighted by atomic mass is 9.65. The van der Waals surface area contributed by atoms with Gasteiger partial charge in [-0.15, -0.1) is 0 Å². The first kappa shape index (κ1) is 31.7. The van der Waals surface area contributed by atoms with Crippen molar-refractivity contribution in [2.45, 2.75) is 15.2 Å². The van der Waals surface area contributed by atoms with Gasteiger partial charge in [0.25, 0.3) is 0 Å². The van der Waals surface area contributed by atoms with E-state index in [0.717, 1.165) is 89.7 Å². The molecule has 8 heteroatoms. The second kappa shape index (κ2) is 11.7. The molecule has 1 aliphatic carbocycles. The third-order valence-electron chi connectivity index (χ3n) is 11.6. The molecule has 9 aromatic rings. The summed E-state index contributed by atoms with van der Waals surface area (Å²) in [5, 5.41) is 21.4. The van der Waals surface area contributed by atoms with E-state index in [4.69, 9.17) is 14.7 Å². The molecule has 0 amide bonds. The molecule has 0 bridgehead atoms. The fraction of sp³-hybridized carbons (Fsp3) is 0.0204. The van der Waals surface area contributed by atoms with E-state index in [1.807, 2.05) is 60.9 Å². The van der Waals surface area contributed by atoms with Gasteiger partial charge in [0.2, 0.25) is 0 Å². The predicted octanol–water partition coefficient (Wildman–Crippen LogP) is 11.7. The standard InChI is InChI=1S/C49H26N6OS/c50-27-29-16-20-37-32(24-29)33-25-30(28-51)17-21-38(33)54(37)31-18-19-34-43(26-31)56-42-13-5-12-41(55-39-10-1-3-14-44(39)57-45-15-4-2-11-40(45)55)46(42)49(34)35-8-6-22-52-47(35)48-36(49)9-7-23-53-48/h1-26H. The molecule has 0 unspecified atom stereocenters. The summed E-state index contributed by atoms with van der Waals surface area (Å²) in [5.41, 5.74) is 12.0. The van der Waals surface area contributed by atoms with Crippen molar-refractivity contribution in [1.82, 2.24) is 14.5 Å². The molecule has 7 nitrogen and oxygen atoms in total. The van der Waals surface area contributed by atoms with Gasteiger partial charge < -0.3 is 14.2 Å². The van der Waals surface area contributed by atoms with Gasteiger partial charge in [-0.2, -0.15) is 10.5 Å². The average molecular weight is 747 g/mol. The zero-order valence-electron chi connectivity index (χ0n) is 30.0. The van der Waals surface area contributed by atoms with Gasteiger partial charge in [0, 0.05) is 55.8 Å². The van der Waals surface area contributed by atoms with E-state index in [1.54, 1.807) is 11.8 Å². The number of pyridine rings is 2. The molecular formula is C49H26N6OS. The molecule has 1 spiro atoms. The fourth-order valence-electron chi connectivity index (χ4n) is 9.37. The lowest BCUT2D eigenvalue weighted by Crippen LogP contribution is -2.34. The van der Waals surface area contributed by atoms with Gasteiger partial charge in [-0.1, -0.05) is 60.3 Å². The monoisotopic (exact) mass is 746 g/mol. The Labute approximate surface area is 331 Å². The highest BCUT2D eigenvalue weighted by Gasteiger charge is 2.54. The number of hydrogen-bond donors (Lipinski definition) is 0. The van der Waals surface area contributed by atoms with Gasteiger partial charge in [-0.3, -0.25) is 9.97 Å². The fourth-order valence-corrected chi connectivity index (χ4v) is 10.4. The number of ether oxygens (including phenoxy) is 1. The van der Waals surface area contributed by atoms with Crippen molar-refractivity contribution in [1.29, 1.82) is 10.5 Å². The van der Waals surface area contributed by atoms with Gasteiger partial charge in [-0.25, -0.2) is 0 Å². The Kier molecular flexibility index (Phi) is 6.49. The molecule has 6 aromatic carbocycles. The number of hydrogen-bond acceptors (Lipinski definition) is 7. The number of anilines is 3. The number of fused-ring (bicyclic) bond motifs is 14. The van der Waals surface area contributed by atoms with Gasteiger partial charge in [-0.05, 0) is 102 Å². The number of rotatable bonds is 2. The molecule has 264 valence electrons. The van der Waals surface area contributed by atoms with E-state index in [1.165, 1.54) is 9.79 Å². The zero-order chi connectivity index (χ0) is 37.8. The van der Waals surface area contributed by atoms with Crippen LogP contribution < -0.4 is 9.64 Å². The van der Waals surface area contributed by atoms with Crippen LogP contribution in [0.4, 0.5) is 17.1 Å². The Morgan fingerprint density at radius 3 is 1.75 bits per heavy atom. The molecule has 2 aliphatic heterocycles. The molecule has 12 rings (SSSR count). The van der Waals surface area contributed by atoms with E-state index >= 15 is 0 Å². The number of benzene rings is 6. The third-order valence-corrected chi connectivity index (χ3v) is 12.7. The molecular weight excluding hydrogens is 721 g/mol. The van der Waals surface area contributed by atoms with Crippen LogP contribution in [-0.4, -0.2) is 14.5 Å². The minimum Gasteiger partial charge on any atom is -0.457 e.